The molecule has 2 aromatic rings. The zero-order valence-electron chi connectivity index (χ0n) is 11.5. The van der Waals surface area contributed by atoms with Crippen molar-refractivity contribution in [2.45, 2.75) is 43.9 Å². The fourth-order valence-electron chi connectivity index (χ4n) is 3.13. The predicted octanol–water partition coefficient (Wildman–Crippen LogP) is 4.11. The zero-order valence-corrected chi connectivity index (χ0v) is 11.5. The summed E-state index contributed by atoms with van der Waals surface area (Å²) in [7, 11) is 0. The average Bonchev–Trinajstić information content (AvgIpc) is 3.04. The molecule has 1 aliphatic carbocycles. The van der Waals surface area contributed by atoms with Gasteiger partial charge in [-0.3, -0.25) is 0 Å². The van der Waals surface area contributed by atoms with Crippen LogP contribution in [-0.2, 0) is 0 Å². The Bertz CT molecular complexity index is 572. The first-order valence-corrected chi connectivity index (χ1v) is 7.37. The molecule has 1 atom stereocenters. The number of benzene rings is 1. The summed E-state index contributed by atoms with van der Waals surface area (Å²) in [5.41, 5.74) is 2.44. The van der Waals surface area contributed by atoms with Gasteiger partial charge in [-0.15, -0.1) is 0 Å². The minimum atomic E-state index is -0.301. The largest absolute Gasteiger partial charge is 0.347 e. The van der Waals surface area contributed by atoms with Crippen LogP contribution in [0, 0.1) is 11.3 Å². The first kappa shape index (κ1) is 12.9. The van der Waals surface area contributed by atoms with Gasteiger partial charge in [0.1, 0.15) is 11.7 Å². The summed E-state index contributed by atoms with van der Waals surface area (Å²) in [4.78, 5) is 7.23. The molecule has 0 bridgehead atoms. The Morgan fingerprint density at radius 1 is 1.15 bits per heavy atom. The summed E-state index contributed by atoms with van der Waals surface area (Å²) in [6.45, 7) is 0. The molecule has 3 rings (SSSR count). The first-order valence-electron chi connectivity index (χ1n) is 7.37. The van der Waals surface area contributed by atoms with Crippen LogP contribution in [0.2, 0.25) is 0 Å². The third-order valence-corrected chi connectivity index (χ3v) is 4.27. The Balaban J connectivity index is 1.80. The van der Waals surface area contributed by atoms with E-state index in [4.69, 9.17) is 0 Å². The van der Waals surface area contributed by atoms with E-state index >= 15 is 0 Å². The lowest BCUT2D eigenvalue weighted by Gasteiger charge is -2.22. The molecule has 3 heteroatoms. The number of nitrogens with one attached hydrogen (secondary N) is 1. The van der Waals surface area contributed by atoms with Gasteiger partial charge in [-0.1, -0.05) is 43.5 Å². The fourth-order valence-corrected chi connectivity index (χ4v) is 3.13. The van der Waals surface area contributed by atoms with Crippen LogP contribution in [-0.4, -0.2) is 9.97 Å². The summed E-state index contributed by atoms with van der Waals surface area (Å²) >= 11 is 0. The number of hydrogen-bond donors (Lipinski definition) is 1. The molecule has 1 fully saturated rings. The van der Waals surface area contributed by atoms with Gasteiger partial charge in [0.2, 0.25) is 0 Å². The number of rotatable bonds is 3. The summed E-state index contributed by atoms with van der Waals surface area (Å²) in [6, 6.07) is 10.9. The molecular formula is C17H19N3. The van der Waals surface area contributed by atoms with E-state index in [1.165, 1.54) is 37.7 Å². The van der Waals surface area contributed by atoms with Gasteiger partial charge in [0.15, 0.2) is 0 Å². The van der Waals surface area contributed by atoms with E-state index in [-0.39, 0.29) is 5.92 Å². The van der Waals surface area contributed by atoms with Crippen LogP contribution < -0.4 is 0 Å². The van der Waals surface area contributed by atoms with Crippen LogP contribution in [0.4, 0.5) is 0 Å². The van der Waals surface area contributed by atoms with Crippen LogP contribution in [0.15, 0.2) is 36.7 Å². The van der Waals surface area contributed by atoms with Gasteiger partial charge >= 0.3 is 0 Å². The molecule has 1 N–H and O–H groups in total. The first-order chi connectivity index (χ1) is 9.88. The molecule has 1 aromatic heterocycles. The average molecular weight is 265 g/mol. The van der Waals surface area contributed by atoms with E-state index in [1.54, 1.807) is 12.4 Å². The van der Waals surface area contributed by atoms with Crippen molar-refractivity contribution in [3.8, 4) is 6.07 Å². The Kier molecular flexibility index (Phi) is 3.83. The maximum absolute atomic E-state index is 9.36. The Morgan fingerprint density at radius 2 is 1.90 bits per heavy atom. The van der Waals surface area contributed by atoms with E-state index in [0.29, 0.717) is 5.92 Å². The Hall–Kier alpha value is -2.08. The molecule has 0 aliphatic heterocycles. The Labute approximate surface area is 119 Å². The highest BCUT2D eigenvalue weighted by atomic mass is 14.9. The number of nitriles is 1. The summed E-state index contributed by atoms with van der Waals surface area (Å²) < 4.78 is 0. The second kappa shape index (κ2) is 5.92. The van der Waals surface area contributed by atoms with Gasteiger partial charge in [-0.2, -0.15) is 5.26 Å². The van der Waals surface area contributed by atoms with Crippen molar-refractivity contribution in [2.75, 3.05) is 0 Å². The fraction of sp³-hybridized carbons (Fsp3) is 0.412. The minimum absolute atomic E-state index is 0.301. The minimum Gasteiger partial charge on any atom is -0.347 e. The second-order valence-electron chi connectivity index (χ2n) is 5.54. The molecule has 1 unspecified atom stereocenters. The van der Waals surface area contributed by atoms with Crippen molar-refractivity contribution in [1.82, 2.24) is 9.97 Å². The van der Waals surface area contributed by atoms with Gasteiger partial charge < -0.3 is 4.98 Å². The number of aromatic amines is 1. The number of hydrogen-bond acceptors (Lipinski definition) is 2. The van der Waals surface area contributed by atoms with Crippen LogP contribution in [0.3, 0.4) is 0 Å². The molecule has 0 radical (unpaired) electrons. The second-order valence-corrected chi connectivity index (χ2v) is 5.54. The van der Waals surface area contributed by atoms with Gasteiger partial charge in [0, 0.05) is 12.4 Å². The monoisotopic (exact) mass is 265 g/mol. The van der Waals surface area contributed by atoms with E-state index < -0.39 is 0 Å². The Morgan fingerprint density at radius 3 is 2.50 bits per heavy atom. The van der Waals surface area contributed by atoms with Gasteiger partial charge in [0.25, 0.3) is 0 Å². The lowest BCUT2D eigenvalue weighted by molar-refractivity contribution is 0.443. The topological polar surface area (TPSA) is 52.5 Å². The molecule has 102 valence electrons. The maximum Gasteiger partial charge on any atom is 0.129 e. The van der Waals surface area contributed by atoms with Crippen LogP contribution in [0.25, 0.3) is 0 Å². The van der Waals surface area contributed by atoms with E-state index in [1.807, 2.05) is 0 Å². The van der Waals surface area contributed by atoms with Crippen molar-refractivity contribution in [3.63, 3.8) is 0 Å². The molecule has 1 saturated carbocycles. The highest BCUT2D eigenvalue weighted by Gasteiger charge is 2.18. The van der Waals surface area contributed by atoms with Crippen LogP contribution in [0.1, 0.15) is 60.9 Å². The van der Waals surface area contributed by atoms with Crippen LogP contribution in [0.5, 0.6) is 0 Å². The standard InChI is InChI=1S/C17H19N3/c18-12-16(17-19-10-11-20-17)15-8-6-14(7-9-15)13-4-2-1-3-5-13/h6-11,13,16H,1-5H2,(H,19,20). The van der Waals surface area contributed by atoms with Gasteiger partial charge in [-0.05, 0) is 29.9 Å². The maximum atomic E-state index is 9.36. The molecule has 3 nitrogen and oxygen atoms in total. The quantitative estimate of drug-likeness (QED) is 0.907. The summed E-state index contributed by atoms with van der Waals surface area (Å²) in [5, 5.41) is 9.36. The van der Waals surface area contributed by atoms with Crippen molar-refractivity contribution < 1.29 is 0 Å². The van der Waals surface area contributed by atoms with E-state index in [9.17, 15) is 5.26 Å². The van der Waals surface area contributed by atoms with E-state index in [2.05, 4.69) is 40.3 Å². The normalized spacial score (nSPS) is 17.6. The predicted molar refractivity (Wildman–Crippen MR) is 78.3 cm³/mol. The third kappa shape index (κ3) is 2.60. The smallest absolute Gasteiger partial charge is 0.129 e. The van der Waals surface area contributed by atoms with Crippen molar-refractivity contribution in [1.29, 1.82) is 5.26 Å². The van der Waals surface area contributed by atoms with Crippen molar-refractivity contribution in [3.05, 3.63) is 53.6 Å². The van der Waals surface area contributed by atoms with E-state index in [0.717, 1.165) is 11.4 Å². The molecule has 0 spiro atoms. The lowest BCUT2D eigenvalue weighted by atomic mass is 9.83. The zero-order chi connectivity index (χ0) is 13.8. The molecule has 1 heterocycles. The van der Waals surface area contributed by atoms with Crippen LogP contribution >= 0.6 is 0 Å². The number of imidazole rings is 1. The summed E-state index contributed by atoms with van der Waals surface area (Å²) in [6.07, 6.45) is 10.1. The highest BCUT2D eigenvalue weighted by molar-refractivity contribution is 5.35. The van der Waals surface area contributed by atoms with Gasteiger partial charge in [-0.25, -0.2) is 4.98 Å². The molecule has 20 heavy (non-hydrogen) atoms. The number of H-pyrrole nitrogens is 1. The SMILES string of the molecule is N#CC(c1ccc(C2CCCCC2)cc1)c1ncc[nH]1. The molecule has 1 aliphatic rings. The number of aromatic nitrogens is 2. The van der Waals surface area contributed by atoms with Gasteiger partial charge in [0.05, 0.1) is 6.07 Å². The highest BCUT2D eigenvalue weighted by Crippen LogP contribution is 2.33. The van der Waals surface area contributed by atoms with Crippen molar-refractivity contribution >= 4 is 0 Å². The summed E-state index contributed by atoms with van der Waals surface area (Å²) in [5.74, 6) is 1.13. The molecular weight excluding hydrogens is 246 g/mol. The van der Waals surface area contributed by atoms with Crippen molar-refractivity contribution in [2.24, 2.45) is 0 Å². The molecule has 0 saturated heterocycles. The number of nitrogens with zero attached hydrogens (tertiary/aromatic N) is 2. The molecule has 1 aromatic carbocycles. The molecule has 0 amide bonds. The lowest BCUT2D eigenvalue weighted by Crippen LogP contribution is -2.05. The third-order valence-electron chi connectivity index (χ3n) is 4.27.